The molecule has 0 radical (unpaired) electrons. The summed E-state index contributed by atoms with van der Waals surface area (Å²) >= 11 is 0. The lowest BCUT2D eigenvalue weighted by atomic mass is 10.0. The molecular weight excluding hydrogens is 306 g/mol. The lowest BCUT2D eigenvalue weighted by molar-refractivity contribution is 0.163. The molecular formula is C22H47N3. The second-order valence-electron chi connectivity index (χ2n) is 7.95. The van der Waals surface area contributed by atoms with E-state index in [0.29, 0.717) is 0 Å². The van der Waals surface area contributed by atoms with Gasteiger partial charge in [-0.3, -0.25) is 5.43 Å². The SMILES string of the molecule is CCCCCCCCCCCCCCCCCCNN1CCNCC1. The number of piperazine rings is 1. The Labute approximate surface area is 158 Å². The van der Waals surface area contributed by atoms with Crippen molar-refractivity contribution in [2.24, 2.45) is 0 Å². The summed E-state index contributed by atoms with van der Waals surface area (Å²) in [5, 5.41) is 5.77. The molecule has 1 fully saturated rings. The lowest BCUT2D eigenvalue weighted by Crippen LogP contribution is -2.50. The zero-order chi connectivity index (χ0) is 17.8. The van der Waals surface area contributed by atoms with Crippen LogP contribution < -0.4 is 10.7 Å². The summed E-state index contributed by atoms with van der Waals surface area (Å²) in [7, 11) is 0. The first-order valence-corrected chi connectivity index (χ1v) is 11.6. The molecule has 2 N–H and O–H groups in total. The molecule has 150 valence electrons. The second kappa shape index (κ2) is 18.7. The topological polar surface area (TPSA) is 27.3 Å². The van der Waals surface area contributed by atoms with Crippen LogP contribution in [0.15, 0.2) is 0 Å². The average molecular weight is 354 g/mol. The highest BCUT2D eigenvalue weighted by Gasteiger charge is 2.07. The van der Waals surface area contributed by atoms with Crippen LogP contribution in [0, 0.1) is 0 Å². The molecule has 1 heterocycles. The number of rotatable bonds is 18. The summed E-state index contributed by atoms with van der Waals surface area (Å²) in [6, 6.07) is 0. The molecule has 25 heavy (non-hydrogen) atoms. The molecule has 0 atom stereocenters. The van der Waals surface area contributed by atoms with E-state index in [9.17, 15) is 0 Å². The van der Waals surface area contributed by atoms with Gasteiger partial charge in [-0.1, -0.05) is 103 Å². The van der Waals surface area contributed by atoms with E-state index in [0.717, 1.165) is 26.2 Å². The molecule has 0 amide bonds. The van der Waals surface area contributed by atoms with E-state index < -0.39 is 0 Å². The fourth-order valence-electron chi connectivity index (χ4n) is 3.73. The normalized spacial score (nSPS) is 15.7. The molecule has 1 aliphatic rings. The lowest BCUT2D eigenvalue weighted by Gasteiger charge is -2.27. The van der Waals surface area contributed by atoms with Crippen LogP contribution in [0.3, 0.4) is 0 Å². The maximum Gasteiger partial charge on any atom is 0.0256 e. The molecule has 1 aliphatic heterocycles. The molecule has 0 aromatic heterocycles. The number of nitrogens with zero attached hydrogens (tertiary/aromatic N) is 1. The Morgan fingerprint density at radius 2 is 1.00 bits per heavy atom. The van der Waals surface area contributed by atoms with Gasteiger partial charge in [0.05, 0.1) is 0 Å². The van der Waals surface area contributed by atoms with Crippen LogP contribution in [0.2, 0.25) is 0 Å². The van der Waals surface area contributed by atoms with E-state index in [4.69, 9.17) is 0 Å². The minimum absolute atomic E-state index is 1.13. The molecule has 0 aromatic rings. The van der Waals surface area contributed by atoms with Crippen LogP contribution in [0.4, 0.5) is 0 Å². The Kier molecular flexibility index (Phi) is 17.1. The van der Waals surface area contributed by atoms with Gasteiger partial charge in [-0.25, -0.2) is 5.01 Å². The Bertz CT molecular complexity index is 252. The molecule has 3 heteroatoms. The van der Waals surface area contributed by atoms with E-state index in [-0.39, 0.29) is 0 Å². The van der Waals surface area contributed by atoms with Crippen molar-refractivity contribution < 1.29 is 0 Å². The highest BCUT2D eigenvalue weighted by molar-refractivity contribution is 4.63. The maximum atomic E-state index is 3.56. The van der Waals surface area contributed by atoms with E-state index in [1.54, 1.807) is 0 Å². The van der Waals surface area contributed by atoms with Gasteiger partial charge in [0.25, 0.3) is 0 Å². The third-order valence-corrected chi connectivity index (χ3v) is 5.48. The van der Waals surface area contributed by atoms with E-state index in [2.05, 4.69) is 22.7 Å². The smallest absolute Gasteiger partial charge is 0.0256 e. The van der Waals surface area contributed by atoms with Crippen LogP contribution in [-0.2, 0) is 0 Å². The van der Waals surface area contributed by atoms with Crippen molar-refractivity contribution >= 4 is 0 Å². The summed E-state index contributed by atoms with van der Waals surface area (Å²) in [6.45, 7) is 8.03. The van der Waals surface area contributed by atoms with Gasteiger partial charge < -0.3 is 5.32 Å². The fraction of sp³-hybridized carbons (Fsp3) is 1.00. The van der Waals surface area contributed by atoms with Crippen LogP contribution in [-0.4, -0.2) is 37.7 Å². The maximum absolute atomic E-state index is 3.56. The molecule has 0 aromatic carbocycles. The third-order valence-electron chi connectivity index (χ3n) is 5.48. The second-order valence-corrected chi connectivity index (χ2v) is 7.95. The molecule has 0 unspecified atom stereocenters. The Morgan fingerprint density at radius 1 is 0.600 bits per heavy atom. The molecule has 1 rings (SSSR count). The Balaban J connectivity index is 1.65. The Hall–Kier alpha value is -0.120. The highest BCUT2D eigenvalue weighted by atomic mass is 15.5. The van der Waals surface area contributed by atoms with Crippen molar-refractivity contribution in [1.82, 2.24) is 15.8 Å². The number of unbranched alkanes of at least 4 members (excludes halogenated alkanes) is 15. The van der Waals surface area contributed by atoms with Gasteiger partial charge >= 0.3 is 0 Å². The van der Waals surface area contributed by atoms with Crippen molar-refractivity contribution in [3.63, 3.8) is 0 Å². The summed E-state index contributed by atoms with van der Waals surface area (Å²) < 4.78 is 0. The Morgan fingerprint density at radius 3 is 1.44 bits per heavy atom. The molecule has 0 spiro atoms. The zero-order valence-corrected chi connectivity index (χ0v) is 17.3. The van der Waals surface area contributed by atoms with Crippen LogP contribution in [0.1, 0.15) is 110 Å². The minimum atomic E-state index is 1.13. The summed E-state index contributed by atoms with van der Waals surface area (Å²) in [6.07, 6.45) is 23.1. The van der Waals surface area contributed by atoms with Crippen molar-refractivity contribution in [2.45, 2.75) is 110 Å². The molecule has 0 aliphatic carbocycles. The predicted molar refractivity (Wildman–Crippen MR) is 112 cm³/mol. The van der Waals surface area contributed by atoms with Gasteiger partial charge in [0.15, 0.2) is 0 Å². The van der Waals surface area contributed by atoms with Gasteiger partial charge in [0.2, 0.25) is 0 Å². The summed E-state index contributed by atoms with van der Waals surface area (Å²) in [5.41, 5.74) is 3.56. The highest BCUT2D eigenvalue weighted by Crippen LogP contribution is 2.13. The minimum Gasteiger partial charge on any atom is -0.314 e. The first-order chi connectivity index (χ1) is 12.4. The monoisotopic (exact) mass is 353 g/mol. The van der Waals surface area contributed by atoms with Crippen LogP contribution in [0.25, 0.3) is 0 Å². The van der Waals surface area contributed by atoms with Crippen molar-refractivity contribution in [1.29, 1.82) is 0 Å². The van der Waals surface area contributed by atoms with Gasteiger partial charge in [-0.2, -0.15) is 0 Å². The van der Waals surface area contributed by atoms with Crippen LogP contribution in [0.5, 0.6) is 0 Å². The van der Waals surface area contributed by atoms with Gasteiger partial charge in [-0.15, -0.1) is 0 Å². The summed E-state index contributed by atoms with van der Waals surface area (Å²) in [4.78, 5) is 0. The van der Waals surface area contributed by atoms with Crippen molar-refractivity contribution in [3.05, 3.63) is 0 Å². The number of hydrazine groups is 1. The molecule has 0 bridgehead atoms. The van der Waals surface area contributed by atoms with Crippen LogP contribution >= 0.6 is 0 Å². The first kappa shape index (κ1) is 22.9. The van der Waals surface area contributed by atoms with Crippen molar-refractivity contribution in [2.75, 3.05) is 32.7 Å². The van der Waals surface area contributed by atoms with Crippen molar-refractivity contribution in [3.8, 4) is 0 Å². The van der Waals surface area contributed by atoms with Gasteiger partial charge in [0, 0.05) is 32.7 Å². The van der Waals surface area contributed by atoms with E-state index in [1.807, 2.05) is 0 Å². The number of hydrogen-bond donors (Lipinski definition) is 2. The van der Waals surface area contributed by atoms with Gasteiger partial charge in [0.1, 0.15) is 0 Å². The predicted octanol–water partition coefficient (Wildman–Crippen LogP) is 5.66. The average Bonchev–Trinajstić information content (AvgIpc) is 2.65. The first-order valence-electron chi connectivity index (χ1n) is 11.6. The third kappa shape index (κ3) is 15.8. The fourth-order valence-corrected chi connectivity index (χ4v) is 3.73. The van der Waals surface area contributed by atoms with E-state index in [1.165, 1.54) is 109 Å². The number of nitrogens with one attached hydrogen (secondary N) is 2. The molecule has 0 saturated carbocycles. The van der Waals surface area contributed by atoms with E-state index >= 15 is 0 Å². The quantitative estimate of drug-likeness (QED) is 0.311. The number of hydrogen-bond acceptors (Lipinski definition) is 3. The molecule has 1 saturated heterocycles. The largest absolute Gasteiger partial charge is 0.314 e. The standard InChI is InChI=1S/C22H47N3/c1-2-3-4-5-6-7-8-9-10-11-12-13-14-15-16-17-18-24-25-21-19-23-20-22-25/h23-24H,2-22H2,1H3. The summed E-state index contributed by atoms with van der Waals surface area (Å²) in [5.74, 6) is 0. The van der Waals surface area contributed by atoms with Gasteiger partial charge in [-0.05, 0) is 6.42 Å². The molecule has 3 nitrogen and oxygen atoms in total. The zero-order valence-electron chi connectivity index (χ0n) is 17.3.